The van der Waals surface area contributed by atoms with Gasteiger partial charge in [0.15, 0.2) is 0 Å². The van der Waals surface area contributed by atoms with Gasteiger partial charge in [0.25, 0.3) is 0 Å². The van der Waals surface area contributed by atoms with Gasteiger partial charge in [0, 0.05) is 18.5 Å². The van der Waals surface area contributed by atoms with Crippen LogP contribution in [0.3, 0.4) is 0 Å². The van der Waals surface area contributed by atoms with Gasteiger partial charge < -0.3 is 4.74 Å². The molecule has 2 saturated heterocycles. The van der Waals surface area contributed by atoms with Crippen molar-refractivity contribution in [2.45, 2.75) is 25.0 Å². The number of alkyl halides is 1. The Morgan fingerprint density at radius 3 is 3.27 bits per heavy atom. The van der Waals surface area contributed by atoms with Gasteiger partial charge in [-0.3, -0.25) is 4.90 Å². The monoisotopic (exact) mass is 175 g/mol. The molecule has 2 aliphatic heterocycles. The molecule has 0 aromatic heterocycles. The Morgan fingerprint density at radius 1 is 1.55 bits per heavy atom. The van der Waals surface area contributed by atoms with Crippen LogP contribution in [0.5, 0.6) is 0 Å². The van der Waals surface area contributed by atoms with Crippen molar-refractivity contribution in [1.29, 1.82) is 0 Å². The molecule has 11 heavy (non-hydrogen) atoms. The van der Waals surface area contributed by atoms with Crippen LogP contribution in [0.25, 0.3) is 0 Å². The van der Waals surface area contributed by atoms with Crippen LogP contribution in [0.1, 0.15) is 12.8 Å². The lowest BCUT2D eigenvalue weighted by Gasteiger charge is -2.34. The molecule has 0 aromatic rings. The van der Waals surface area contributed by atoms with E-state index >= 15 is 0 Å². The van der Waals surface area contributed by atoms with Crippen molar-refractivity contribution >= 4 is 11.6 Å². The molecule has 0 N–H and O–H groups in total. The molecule has 0 aliphatic carbocycles. The Hall–Kier alpha value is 0.210. The summed E-state index contributed by atoms with van der Waals surface area (Å²) in [6.07, 6.45) is 2.93. The lowest BCUT2D eigenvalue weighted by Crippen LogP contribution is -2.46. The summed E-state index contributed by atoms with van der Waals surface area (Å²) in [5, 5.41) is 0. The molecule has 3 heteroatoms. The molecule has 0 aromatic carbocycles. The highest BCUT2D eigenvalue weighted by atomic mass is 35.5. The van der Waals surface area contributed by atoms with E-state index in [9.17, 15) is 0 Å². The molecular formula is C8H14ClNO. The highest BCUT2D eigenvalue weighted by molar-refractivity contribution is 6.18. The Labute approximate surface area is 72.5 Å². The highest BCUT2D eigenvalue weighted by Gasteiger charge is 2.31. The molecule has 0 spiro atoms. The number of nitrogens with zero attached hydrogens (tertiary/aromatic N) is 1. The van der Waals surface area contributed by atoms with Crippen molar-refractivity contribution < 1.29 is 4.74 Å². The van der Waals surface area contributed by atoms with Crippen LogP contribution in [0, 0.1) is 0 Å². The topological polar surface area (TPSA) is 12.5 Å². The Kier molecular flexibility index (Phi) is 2.35. The lowest BCUT2D eigenvalue weighted by atomic mass is 10.2. The number of morpholine rings is 1. The second-order valence-corrected chi connectivity index (χ2v) is 3.71. The maximum atomic E-state index is 5.72. The first-order valence-corrected chi connectivity index (χ1v) is 4.85. The summed E-state index contributed by atoms with van der Waals surface area (Å²) < 4.78 is 5.57. The van der Waals surface area contributed by atoms with E-state index in [0.29, 0.717) is 11.9 Å². The van der Waals surface area contributed by atoms with Crippen LogP contribution >= 0.6 is 11.6 Å². The summed E-state index contributed by atoms with van der Waals surface area (Å²) in [5.74, 6) is 0.642. The lowest BCUT2D eigenvalue weighted by molar-refractivity contribution is -0.0372. The van der Waals surface area contributed by atoms with Gasteiger partial charge in [-0.15, -0.1) is 11.6 Å². The van der Waals surface area contributed by atoms with Crippen LogP contribution < -0.4 is 0 Å². The fraction of sp³-hybridized carbons (Fsp3) is 1.00. The standard InChI is InChI=1S/C8H14ClNO/c9-4-8-5-10-3-1-2-7(10)6-11-8/h7-8H,1-6H2/t7?,8-/m0/s1. The molecule has 2 nitrogen and oxygen atoms in total. The number of hydrogen-bond donors (Lipinski definition) is 0. The summed E-state index contributed by atoms with van der Waals surface area (Å²) in [7, 11) is 0. The highest BCUT2D eigenvalue weighted by Crippen LogP contribution is 2.22. The smallest absolute Gasteiger partial charge is 0.0837 e. The van der Waals surface area contributed by atoms with Crippen molar-refractivity contribution in [2.75, 3.05) is 25.6 Å². The molecule has 2 heterocycles. The van der Waals surface area contributed by atoms with E-state index in [-0.39, 0.29) is 6.10 Å². The molecular weight excluding hydrogens is 162 g/mol. The zero-order chi connectivity index (χ0) is 7.68. The molecule has 2 fully saturated rings. The number of halogens is 1. The van der Waals surface area contributed by atoms with Gasteiger partial charge >= 0.3 is 0 Å². The summed E-state index contributed by atoms with van der Waals surface area (Å²) in [4.78, 5) is 2.51. The van der Waals surface area contributed by atoms with Gasteiger partial charge in [-0.2, -0.15) is 0 Å². The van der Waals surface area contributed by atoms with Gasteiger partial charge in [0.1, 0.15) is 0 Å². The third kappa shape index (κ3) is 1.53. The molecule has 2 aliphatic rings. The van der Waals surface area contributed by atoms with Crippen molar-refractivity contribution in [3.63, 3.8) is 0 Å². The van der Waals surface area contributed by atoms with Crippen molar-refractivity contribution in [3.8, 4) is 0 Å². The fourth-order valence-electron chi connectivity index (χ4n) is 1.98. The Morgan fingerprint density at radius 2 is 2.45 bits per heavy atom. The number of ether oxygens (including phenoxy) is 1. The Balaban J connectivity index is 1.91. The first-order chi connectivity index (χ1) is 5.40. The molecule has 64 valence electrons. The SMILES string of the molecule is ClC[C@H]1CN2CCCC2CO1. The Bertz CT molecular complexity index is 142. The van der Waals surface area contributed by atoms with Gasteiger partial charge in [0.2, 0.25) is 0 Å². The predicted octanol–water partition coefficient (Wildman–Crippen LogP) is 1.09. The quantitative estimate of drug-likeness (QED) is 0.554. The zero-order valence-corrected chi connectivity index (χ0v) is 7.39. The average molecular weight is 176 g/mol. The average Bonchev–Trinajstić information content (AvgIpc) is 2.50. The molecule has 0 saturated carbocycles. The van der Waals surface area contributed by atoms with Crippen LogP contribution in [0.15, 0.2) is 0 Å². The summed E-state index contributed by atoms with van der Waals surface area (Å²) in [6.45, 7) is 3.20. The molecule has 2 rings (SSSR count). The van der Waals surface area contributed by atoms with E-state index < -0.39 is 0 Å². The van der Waals surface area contributed by atoms with E-state index in [4.69, 9.17) is 16.3 Å². The van der Waals surface area contributed by atoms with Crippen molar-refractivity contribution in [1.82, 2.24) is 4.90 Å². The molecule has 1 unspecified atom stereocenters. The minimum Gasteiger partial charge on any atom is -0.374 e. The van der Waals surface area contributed by atoms with E-state index in [0.717, 1.165) is 13.2 Å². The summed E-state index contributed by atoms with van der Waals surface area (Å²) >= 11 is 5.72. The van der Waals surface area contributed by atoms with E-state index in [1.54, 1.807) is 0 Å². The molecule has 2 atom stereocenters. The third-order valence-corrected chi connectivity index (χ3v) is 2.98. The van der Waals surface area contributed by atoms with E-state index in [2.05, 4.69) is 4.90 Å². The largest absolute Gasteiger partial charge is 0.374 e. The van der Waals surface area contributed by atoms with Crippen LogP contribution in [-0.2, 0) is 4.74 Å². The second-order valence-electron chi connectivity index (χ2n) is 3.40. The number of rotatable bonds is 1. The van der Waals surface area contributed by atoms with E-state index in [1.807, 2.05) is 0 Å². The zero-order valence-electron chi connectivity index (χ0n) is 6.63. The normalized spacial score (nSPS) is 39.0. The summed E-state index contributed by atoms with van der Waals surface area (Å²) in [6, 6.07) is 0.703. The van der Waals surface area contributed by atoms with Gasteiger partial charge in [-0.1, -0.05) is 0 Å². The molecule has 0 bridgehead atoms. The second kappa shape index (κ2) is 3.30. The maximum Gasteiger partial charge on any atom is 0.0837 e. The maximum absolute atomic E-state index is 5.72. The minimum absolute atomic E-state index is 0.283. The van der Waals surface area contributed by atoms with Gasteiger partial charge in [-0.25, -0.2) is 0 Å². The van der Waals surface area contributed by atoms with E-state index in [1.165, 1.54) is 19.4 Å². The fourth-order valence-corrected chi connectivity index (χ4v) is 2.17. The van der Waals surface area contributed by atoms with Crippen LogP contribution in [0.2, 0.25) is 0 Å². The van der Waals surface area contributed by atoms with Crippen LogP contribution in [-0.4, -0.2) is 42.6 Å². The summed E-state index contributed by atoms with van der Waals surface area (Å²) in [5.41, 5.74) is 0. The molecule has 0 amide bonds. The minimum atomic E-state index is 0.283. The van der Waals surface area contributed by atoms with Crippen LogP contribution in [0.4, 0.5) is 0 Å². The molecule has 0 radical (unpaired) electrons. The first-order valence-electron chi connectivity index (χ1n) is 4.32. The van der Waals surface area contributed by atoms with Crippen molar-refractivity contribution in [3.05, 3.63) is 0 Å². The first kappa shape index (κ1) is 7.84. The van der Waals surface area contributed by atoms with Gasteiger partial charge in [-0.05, 0) is 19.4 Å². The third-order valence-electron chi connectivity index (χ3n) is 2.63. The predicted molar refractivity (Wildman–Crippen MR) is 45.1 cm³/mol. The number of hydrogen-bond acceptors (Lipinski definition) is 2. The number of fused-ring (bicyclic) bond motifs is 1. The van der Waals surface area contributed by atoms with Gasteiger partial charge in [0.05, 0.1) is 12.7 Å². The van der Waals surface area contributed by atoms with Crippen molar-refractivity contribution in [2.24, 2.45) is 0 Å².